The van der Waals surface area contributed by atoms with Gasteiger partial charge in [0.15, 0.2) is 5.82 Å². The van der Waals surface area contributed by atoms with Crippen molar-refractivity contribution in [3.8, 4) is 17.1 Å². The molecule has 1 aromatic carbocycles. The lowest BCUT2D eigenvalue weighted by molar-refractivity contribution is -0.137. The van der Waals surface area contributed by atoms with Crippen molar-refractivity contribution in [1.82, 2.24) is 35.0 Å². The molecule has 0 aliphatic rings. The summed E-state index contributed by atoms with van der Waals surface area (Å²) in [5.41, 5.74) is -0.664. The molecule has 1 atom stereocenters. The lowest BCUT2D eigenvalue weighted by Gasteiger charge is -2.16. The zero-order valence-corrected chi connectivity index (χ0v) is 17.7. The number of carbonyl (C=O) groups excluding carboxylic acids is 1. The summed E-state index contributed by atoms with van der Waals surface area (Å²) in [6, 6.07) is 5.46. The molecule has 3 heterocycles. The summed E-state index contributed by atoms with van der Waals surface area (Å²) in [6.07, 6.45) is 2.38. The van der Waals surface area contributed by atoms with Gasteiger partial charge in [0.05, 0.1) is 16.6 Å². The number of amides is 1. The van der Waals surface area contributed by atoms with E-state index in [0.717, 1.165) is 12.1 Å². The van der Waals surface area contributed by atoms with E-state index in [-0.39, 0.29) is 22.1 Å². The van der Waals surface area contributed by atoms with Gasteiger partial charge in [0.25, 0.3) is 11.9 Å². The number of carbonyl (C=O) groups is 1. The standard InChI is InChI=1S/C21H15ClF3N7O/c1-12(18-29-11-30-32(18)20-27-3-2-4-28-20)31-19(33)14-5-13(6-16(7-14)21(23,24)25)15-8-17(22)10-26-9-15/h2-12H,1H3,(H,31,33). The molecule has 8 nitrogen and oxygen atoms in total. The summed E-state index contributed by atoms with van der Waals surface area (Å²) >= 11 is 5.93. The Bertz CT molecular complexity index is 1290. The zero-order valence-electron chi connectivity index (χ0n) is 17.0. The average Bonchev–Trinajstić information content (AvgIpc) is 3.29. The maximum absolute atomic E-state index is 13.5. The molecule has 33 heavy (non-hydrogen) atoms. The Labute approximate surface area is 190 Å². The molecule has 0 fully saturated rings. The Morgan fingerprint density at radius 1 is 1.06 bits per heavy atom. The number of alkyl halides is 3. The van der Waals surface area contributed by atoms with E-state index < -0.39 is 23.7 Å². The fourth-order valence-electron chi connectivity index (χ4n) is 3.10. The average molecular weight is 474 g/mol. The Kier molecular flexibility index (Phi) is 6.05. The molecule has 1 amide bonds. The fraction of sp³-hybridized carbons (Fsp3) is 0.143. The Morgan fingerprint density at radius 2 is 1.82 bits per heavy atom. The van der Waals surface area contributed by atoms with Gasteiger partial charge < -0.3 is 5.32 Å². The predicted molar refractivity (Wildman–Crippen MR) is 113 cm³/mol. The molecule has 168 valence electrons. The highest BCUT2D eigenvalue weighted by atomic mass is 35.5. The van der Waals surface area contributed by atoms with Gasteiger partial charge in [0.1, 0.15) is 6.33 Å². The van der Waals surface area contributed by atoms with E-state index in [1.54, 1.807) is 13.0 Å². The van der Waals surface area contributed by atoms with Crippen LogP contribution in [0.2, 0.25) is 5.02 Å². The van der Waals surface area contributed by atoms with Crippen LogP contribution < -0.4 is 5.32 Å². The molecule has 0 bridgehead atoms. The SMILES string of the molecule is CC(NC(=O)c1cc(-c2cncc(Cl)c2)cc(C(F)(F)F)c1)c1ncnn1-c1ncccn1. The summed E-state index contributed by atoms with van der Waals surface area (Å²) in [7, 11) is 0. The number of hydrogen-bond donors (Lipinski definition) is 1. The second-order valence-electron chi connectivity index (χ2n) is 6.96. The number of nitrogens with zero attached hydrogens (tertiary/aromatic N) is 6. The third-order valence-electron chi connectivity index (χ3n) is 4.61. The second-order valence-corrected chi connectivity index (χ2v) is 7.40. The van der Waals surface area contributed by atoms with Crippen molar-refractivity contribution in [3.05, 3.63) is 83.4 Å². The lowest BCUT2D eigenvalue weighted by atomic mass is 10.00. The van der Waals surface area contributed by atoms with Gasteiger partial charge >= 0.3 is 6.18 Å². The maximum atomic E-state index is 13.5. The first-order valence-corrected chi connectivity index (χ1v) is 9.91. The first-order chi connectivity index (χ1) is 15.7. The number of benzene rings is 1. The number of hydrogen-bond acceptors (Lipinski definition) is 6. The molecule has 0 spiro atoms. The largest absolute Gasteiger partial charge is 0.416 e. The number of nitrogens with one attached hydrogen (secondary N) is 1. The molecule has 12 heteroatoms. The van der Waals surface area contributed by atoms with E-state index in [9.17, 15) is 18.0 Å². The summed E-state index contributed by atoms with van der Waals surface area (Å²) in [4.78, 5) is 29.1. The van der Waals surface area contributed by atoms with E-state index in [1.807, 2.05) is 0 Å². The molecule has 0 saturated carbocycles. The number of halogens is 4. The van der Waals surface area contributed by atoms with E-state index in [0.29, 0.717) is 11.4 Å². The van der Waals surface area contributed by atoms with Gasteiger partial charge in [-0.2, -0.15) is 23.0 Å². The Hall–Kier alpha value is -3.86. The van der Waals surface area contributed by atoms with Crippen molar-refractivity contribution in [1.29, 1.82) is 0 Å². The van der Waals surface area contributed by atoms with Gasteiger partial charge in [-0.25, -0.2) is 15.0 Å². The van der Waals surface area contributed by atoms with E-state index >= 15 is 0 Å². The normalized spacial score (nSPS) is 12.4. The number of rotatable bonds is 5. The van der Waals surface area contributed by atoms with E-state index in [4.69, 9.17) is 11.6 Å². The third-order valence-corrected chi connectivity index (χ3v) is 4.82. The molecule has 1 N–H and O–H groups in total. The van der Waals surface area contributed by atoms with Gasteiger partial charge in [-0.3, -0.25) is 9.78 Å². The van der Waals surface area contributed by atoms with E-state index in [1.165, 1.54) is 47.9 Å². The van der Waals surface area contributed by atoms with Crippen molar-refractivity contribution >= 4 is 17.5 Å². The lowest BCUT2D eigenvalue weighted by Crippen LogP contribution is -2.29. The van der Waals surface area contributed by atoms with Gasteiger partial charge in [-0.1, -0.05) is 11.6 Å². The van der Waals surface area contributed by atoms with Crippen LogP contribution in [0.4, 0.5) is 13.2 Å². The van der Waals surface area contributed by atoms with Crippen molar-refractivity contribution in [2.75, 3.05) is 0 Å². The van der Waals surface area contributed by atoms with Crippen LogP contribution in [0.3, 0.4) is 0 Å². The van der Waals surface area contributed by atoms with Crippen LogP contribution in [-0.4, -0.2) is 35.6 Å². The summed E-state index contributed by atoms with van der Waals surface area (Å²) in [5.74, 6) is -0.185. The van der Waals surface area contributed by atoms with Gasteiger partial charge in [-0.05, 0) is 42.8 Å². The smallest absolute Gasteiger partial charge is 0.342 e. The number of pyridine rings is 1. The second kappa shape index (κ2) is 8.94. The predicted octanol–water partition coefficient (Wildman–Crippen LogP) is 4.28. The van der Waals surface area contributed by atoms with Crippen molar-refractivity contribution in [2.24, 2.45) is 0 Å². The summed E-state index contributed by atoms with van der Waals surface area (Å²) in [5, 5.41) is 6.96. The van der Waals surface area contributed by atoms with Gasteiger partial charge in [0, 0.05) is 35.9 Å². The molecule has 3 aromatic heterocycles. The van der Waals surface area contributed by atoms with Gasteiger partial charge in [0.2, 0.25) is 0 Å². The zero-order chi connectivity index (χ0) is 23.6. The first kappa shape index (κ1) is 22.3. The van der Waals surface area contributed by atoms with Crippen LogP contribution in [0.5, 0.6) is 0 Å². The summed E-state index contributed by atoms with van der Waals surface area (Å²) in [6.45, 7) is 1.62. The molecular weight excluding hydrogens is 459 g/mol. The van der Waals surface area contributed by atoms with Crippen molar-refractivity contribution < 1.29 is 18.0 Å². The van der Waals surface area contributed by atoms with Crippen LogP contribution in [0.25, 0.3) is 17.1 Å². The summed E-state index contributed by atoms with van der Waals surface area (Å²) < 4.78 is 41.9. The minimum Gasteiger partial charge on any atom is -0.342 e. The highest BCUT2D eigenvalue weighted by Gasteiger charge is 2.32. The molecule has 4 rings (SSSR count). The molecule has 0 aliphatic heterocycles. The first-order valence-electron chi connectivity index (χ1n) is 9.54. The molecular formula is C21H15ClF3N7O. The van der Waals surface area contributed by atoms with E-state index in [2.05, 4.69) is 30.4 Å². The Morgan fingerprint density at radius 3 is 2.52 bits per heavy atom. The van der Waals surface area contributed by atoms with Crippen molar-refractivity contribution in [3.63, 3.8) is 0 Å². The van der Waals surface area contributed by atoms with Crippen LogP contribution in [0, 0.1) is 0 Å². The Balaban J connectivity index is 1.66. The monoisotopic (exact) mass is 473 g/mol. The molecule has 4 aromatic rings. The quantitative estimate of drug-likeness (QED) is 0.464. The van der Waals surface area contributed by atoms with Gasteiger partial charge in [-0.15, -0.1) is 0 Å². The van der Waals surface area contributed by atoms with Crippen LogP contribution >= 0.6 is 11.6 Å². The molecule has 0 saturated heterocycles. The highest BCUT2D eigenvalue weighted by molar-refractivity contribution is 6.30. The molecule has 1 unspecified atom stereocenters. The number of aromatic nitrogens is 6. The topological polar surface area (TPSA) is 98.5 Å². The minimum atomic E-state index is -4.66. The van der Waals surface area contributed by atoms with Crippen LogP contribution in [0.15, 0.2) is 61.4 Å². The van der Waals surface area contributed by atoms with Crippen LogP contribution in [-0.2, 0) is 6.18 Å². The maximum Gasteiger partial charge on any atom is 0.416 e. The fourth-order valence-corrected chi connectivity index (χ4v) is 3.28. The molecule has 0 radical (unpaired) electrons. The third kappa shape index (κ3) is 4.98. The van der Waals surface area contributed by atoms with Crippen LogP contribution in [0.1, 0.15) is 34.7 Å². The molecule has 0 aliphatic carbocycles. The minimum absolute atomic E-state index is 0.151. The van der Waals surface area contributed by atoms with Crippen molar-refractivity contribution in [2.45, 2.75) is 19.1 Å². The highest BCUT2D eigenvalue weighted by Crippen LogP contribution is 2.34.